The number of hydrogen-bond acceptors (Lipinski definition) is 4. The highest BCUT2D eigenvalue weighted by molar-refractivity contribution is 5.94. The van der Waals surface area contributed by atoms with Crippen molar-refractivity contribution in [2.75, 3.05) is 13.1 Å². The number of nitrogens with zero attached hydrogens (tertiary/aromatic N) is 3. The molecule has 1 atom stereocenters. The van der Waals surface area contributed by atoms with Gasteiger partial charge in [-0.3, -0.25) is 9.48 Å². The summed E-state index contributed by atoms with van der Waals surface area (Å²) >= 11 is 0. The van der Waals surface area contributed by atoms with Gasteiger partial charge in [-0.15, -0.1) is 13.2 Å². The van der Waals surface area contributed by atoms with Crippen LogP contribution in [0.5, 0.6) is 5.75 Å². The molecule has 9 heteroatoms. The summed E-state index contributed by atoms with van der Waals surface area (Å²) in [6.45, 7) is 4.51. The molecule has 31 heavy (non-hydrogen) atoms. The Hall–Kier alpha value is -2.55. The van der Waals surface area contributed by atoms with Crippen molar-refractivity contribution in [1.82, 2.24) is 20.0 Å². The topological polar surface area (TPSA) is 59.4 Å². The van der Waals surface area contributed by atoms with Gasteiger partial charge in [-0.2, -0.15) is 5.10 Å². The second-order valence-electron chi connectivity index (χ2n) is 8.07. The van der Waals surface area contributed by atoms with E-state index in [1.54, 1.807) is 12.1 Å². The Morgan fingerprint density at radius 3 is 2.71 bits per heavy atom. The molecule has 1 aliphatic heterocycles. The Balaban J connectivity index is 1.48. The van der Waals surface area contributed by atoms with Gasteiger partial charge >= 0.3 is 6.36 Å². The summed E-state index contributed by atoms with van der Waals surface area (Å²) in [5.74, 6) is -0.201. The lowest BCUT2D eigenvalue weighted by atomic mass is 9.91. The van der Waals surface area contributed by atoms with E-state index in [2.05, 4.69) is 15.2 Å². The zero-order valence-electron chi connectivity index (χ0n) is 17.5. The number of halogens is 3. The van der Waals surface area contributed by atoms with Gasteiger partial charge in [0.1, 0.15) is 5.75 Å². The molecular weight excluding hydrogens is 409 g/mol. The fourth-order valence-corrected chi connectivity index (χ4v) is 4.49. The van der Waals surface area contributed by atoms with E-state index in [1.807, 2.05) is 16.5 Å². The van der Waals surface area contributed by atoms with E-state index in [9.17, 15) is 18.0 Å². The van der Waals surface area contributed by atoms with Gasteiger partial charge in [0, 0.05) is 49.0 Å². The first-order valence-electron chi connectivity index (χ1n) is 10.8. The molecule has 2 aromatic rings. The summed E-state index contributed by atoms with van der Waals surface area (Å²) in [4.78, 5) is 14.9. The molecule has 1 amide bonds. The average molecular weight is 436 g/mol. The fourth-order valence-electron chi connectivity index (χ4n) is 4.49. The monoisotopic (exact) mass is 436 g/mol. The molecule has 168 valence electrons. The highest BCUT2D eigenvalue weighted by Gasteiger charge is 2.33. The molecule has 1 saturated heterocycles. The van der Waals surface area contributed by atoms with E-state index >= 15 is 0 Å². The largest absolute Gasteiger partial charge is 0.573 e. The molecular formula is C22H27F3N4O2. The van der Waals surface area contributed by atoms with E-state index in [1.165, 1.54) is 12.1 Å². The van der Waals surface area contributed by atoms with Crippen molar-refractivity contribution in [3.05, 3.63) is 46.8 Å². The van der Waals surface area contributed by atoms with Crippen molar-refractivity contribution in [3.63, 3.8) is 0 Å². The molecule has 1 fully saturated rings. The molecule has 1 unspecified atom stereocenters. The number of carbonyl (C=O) groups excluding carboxylic acids is 1. The van der Waals surface area contributed by atoms with Crippen LogP contribution in [0, 0.1) is 0 Å². The predicted octanol–water partition coefficient (Wildman–Crippen LogP) is 3.68. The van der Waals surface area contributed by atoms with Crippen molar-refractivity contribution in [3.8, 4) is 5.75 Å². The van der Waals surface area contributed by atoms with E-state index in [4.69, 9.17) is 0 Å². The van der Waals surface area contributed by atoms with Gasteiger partial charge in [-0.1, -0.05) is 18.2 Å². The maximum Gasteiger partial charge on any atom is 0.573 e. The molecule has 0 saturated carbocycles. The quantitative estimate of drug-likeness (QED) is 0.751. The fraction of sp³-hybridized carbons (Fsp3) is 0.545. The maximum absolute atomic E-state index is 13.0. The Kier molecular flexibility index (Phi) is 6.22. The van der Waals surface area contributed by atoms with Crippen molar-refractivity contribution in [1.29, 1.82) is 0 Å². The van der Waals surface area contributed by atoms with Crippen molar-refractivity contribution >= 4 is 5.91 Å². The summed E-state index contributed by atoms with van der Waals surface area (Å²) in [7, 11) is 0. The Labute approximate surface area is 179 Å². The van der Waals surface area contributed by atoms with E-state index in [-0.39, 0.29) is 24.2 Å². The average Bonchev–Trinajstić information content (AvgIpc) is 3.39. The molecule has 4 rings (SSSR count). The SMILES string of the molecule is CCn1nc(C(=O)N2CCCC2)c2c1CCC(NCc1ccccc1OC(F)(F)F)C2. The Bertz CT molecular complexity index is 935. The first-order valence-corrected chi connectivity index (χ1v) is 10.8. The zero-order valence-corrected chi connectivity index (χ0v) is 17.5. The number of likely N-dealkylation sites (tertiary alicyclic amines) is 1. The van der Waals surface area contributed by atoms with Crippen LogP contribution in [-0.4, -0.2) is 46.1 Å². The normalized spacial score (nSPS) is 18.8. The van der Waals surface area contributed by atoms with Gasteiger partial charge in [0.2, 0.25) is 0 Å². The minimum Gasteiger partial charge on any atom is -0.405 e. The van der Waals surface area contributed by atoms with Gasteiger partial charge in [0.25, 0.3) is 5.91 Å². The van der Waals surface area contributed by atoms with Gasteiger partial charge in [-0.05, 0) is 45.1 Å². The molecule has 2 heterocycles. The lowest BCUT2D eigenvalue weighted by Gasteiger charge is -2.25. The summed E-state index contributed by atoms with van der Waals surface area (Å²) in [5, 5.41) is 7.97. The summed E-state index contributed by atoms with van der Waals surface area (Å²) in [6, 6.07) is 6.21. The van der Waals surface area contributed by atoms with Crippen LogP contribution in [-0.2, 0) is 25.9 Å². The Morgan fingerprint density at radius 1 is 1.26 bits per heavy atom. The molecule has 0 radical (unpaired) electrons. The van der Waals surface area contributed by atoms with Crippen LogP contribution in [0.1, 0.15) is 53.5 Å². The summed E-state index contributed by atoms with van der Waals surface area (Å²) in [6.07, 6.45) is -0.444. The number of nitrogens with one attached hydrogen (secondary N) is 1. The second kappa shape index (κ2) is 8.90. The number of benzene rings is 1. The van der Waals surface area contributed by atoms with Crippen LogP contribution >= 0.6 is 0 Å². The molecule has 0 spiro atoms. The number of fused-ring (bicyclic) bond motifs is 1. The van der Waals surface area contributed by atoms with Gasteiger partial charge < -0.3 is 15.0 Å². The summed E-state index contributed by atoms with van der Waals surface area (Å²) in [5.41, 5.74) is 3.06. The number of hydrogen-bond donors (Lipinski definition) is 1. The molecule has 1 aliphatic carbocycles. The number of ether oxygens (including phenoxy) is 1. The second-order valence-corrected chi connectivity index (χ2v) is 8.07. The first kappa shape index (κ1) is 21.7. The number of rotatable bonds is 6. The van der Waals surface area contributed by atoms with Crippen LogP contribution in [0.15, 0.2) is 24.3 Å². The third kappa shape index (κ3) is 4.87. The minimum atomic E-state index is -4.73. The third-order valence-electron chi connectivity index (χ3n) is 6.02. The molecule has 1 N–H and O–H groups in total. The predicted molar refractivity (Wildman–Crippen MR) is 109 cm³/mol. The number of amides is 1. The minimum absolute atomic E-state index is 0.00878. The molecule has 6 nitrogen and oxygen atoms in total. The number of alkyl halides is 3. The Morgan fingerprint density at radius 2 is 2.00 bits per heavy atom. The van der Waals surface area contributed by atoms with E-state index in [0.717, 1.165) is 50.0 Å². The van der Waals surface area contributed by atoms with Crippen molar-refractivity contribution in [2.45, 2.75) is 64.5 Å². The third-order valence-corrected chi connectivity index (χ3v) is 6.02. The van der Waals surface area contributed by atoms with E-state index < -0.39 is 6.36 Å². The summed E-state index contributed by atoms with van der Waals surface area (Å²) < 4.78 is 44.1. The maximum atomic E-state index is 13.0. The van der Waals surface area contributed by atoms with E-state index in [0.29, 0.717) is 24.2 Å². The van der Waals surface area contributed by atoms with Crippen molar-refractivity contribution < 1.29 is 22.7 Å². The standard InChI is InChI=1S/C22H27F3N4O2/c1-2-29-18-10-9-16(13-17(18)20(27-29)21(30)28-11-5-6-12-28)26-14-15-7-3-4-8-19(15)31-22(23,24)25/h3-4,7-8,16,26H,2,5-6,9-14H2,1H3. The molecule has 2 aliphatic rings. The first-order chi connectivity index (χ1) is 14.9. The van der Waals surface area contributed by atoms with Crippen molar-refractivity contribution in [2.24, 2.45) is 0 Å². The zero-order chi connectivity index (χ0) is 22.0. The number of aromatic nitrogens is 2. The van der Waals surface area contributed by atoms with Crippen LogP contribution in [0.3, 0.4) is 0 Å². The van der Waals surface area contributed by atoms with Crippen LogP contribution in [0.25, 0.3) is 0 Å². The lowest BCUT2D eigenvalue weighted by molar-refractivity contribution is -0.274. The number of carbonyl (C=O) groups is 1. The highest BCUT2D eigenvalue weighted by atomic mass is 19.4. The van der Waals surface area contributed by atoms with Gasteiger partial charge in [-0.25, -0.2) is 0 Å². The smallest absolute Gasteiger partial charge is 0.405 e. The van der Waals surface area contributed by atoms with Crippen LogP contribution in [0.4, 0.5) is 13.2 Å². The van der Waals surface area contributed by atoms with Gasteiger partial charge in [0.05, 0.1) is 0 Å². The molecule has 0 bridgehead atoms. The highest BCUT2D eigenvalue weighted by Crippen LogP contribution is 2.29. The van der Waals surface area contributed by atoms with Gasteiger partial charge in [0.15, 0.2) is 5.69 Å². The molecule has 1 aromatic carbocycles. The lowest BCUT2D eigenvalue weighted by Crippen LogP contribution is -2.36. The number of aryl methyl sites for hydroxylation is 1. The molecule has 1 aromatic heterocycles. The van der Waals surface area contributed by atoms with Crippen LogP contribution < -0.4 is 10.1 Å². The number of para-hydroxylation sites is 1. The van der Waals surface area contributed by atoms with Crippen LogP contribution in [0.2, 0.25) is 0 Å².